The van der Waals surface area contributed by atoms with Crippen molar-refractivity contribution >= 4 is 17.5 Å². The Morgan fingerprint density at radius 3 is 2.29 bits per heavy atom. The van der Waals surface area contributed by atoms with Gasteiger partial charge in [0.1, 0.15) is 22.8 Å². The van der Waals surface area contributed by atoms with Gasteiger partial charge in [-0.25, -0.2) is 0 Å². The van der Waals surface area contributed by atoms with E-state index in [2.05, 4.69) is 0 Å². The number of ether oxygens (including phenoxy) is 3. The lowest BCUT2D eigenvalue weighted by atomic mass is 9.83. The Kier molecular flexibility index (Phi) is 4.04. The van der Waals surface area contributed by atoms with Gasteiger partial charge in [-0.2, -0.15) is 0 Å². The Hall–Kier alpha value is -3.15. The lowest BCUT2D eigenvalue weighted by molar-refractivity contribution is -0.145. The number of esters is 1. The van der Waals surface area contributed by atoms with Crippen molar-refractivity contribution in [3.63, 3.8) is 0 Å². The second kappa shape index (κ2) is 6.16. The molecule has 3 rings (SSSR count). The van der Waals surface area contributed by atoms with Crippen molar-refractivity contribution in [2.75, 3.05) is 14.2 Å². The van der Waals surface area contributed by atoms with Crippen molar-refractivity contribution in [3.05, 3.63) is 70.9 Å². The van der Waals surface area contributed by atoms with E-state index in [-0.39, 0.29) is 22.9 Å². The summed E-state index contributed by atoms with van der Waals surface area (Å²) in [4.78, 5) is 37.7. The van der Waals surface area contributed by atoms with Crippen LogP contribution < -0.4 is 0 Å². The Morgan fingerprint density at radius 2 is 1.67 bits per heavy atom. The number of hydrogen-bond donors (Lipinski definition) is 0. The summed E-state index contributed by atoms with van der Waals surface area (Å²) in [7, 11) is 2.71. The monoisotopic (exact) mass is 326 g/mol. The van der Waals surface area contributed by atoms with Crippen LogP contribution in [0.3, 0.4) is 0 Å². The number of allylic oxidation sites excluding steroid dienone is 4. The van der Waals surface area contributed by atoms with Gasteiger partial charge in [0.15, 0.2) is 5.78 Å². The minimum Gasteiger partial charge on any atom is -0.468 e. The van der Waals surface area contributed by atoms with Crippen molar-refractivity contribution < 1.29 is 28.6 Å². The third kappa shape index (κ3) is 2.42. The fraction of sp³-hybridized carbons (Fsp3) is 0.167. The van der Waals surface area contributed by atoms with Crippen LogP contribution in [0.4, 0.5) is 0 Å². The molecule has 1 aromatic rings. The fourth-order valence-corrected chi connectivity index (χ4v) is 2.70. The lowest BCUT2D eigenvalue weighted by Crippen LogP contribution is -2.35. The van der Waals surface area contributed by atoms with Crippen LogP contribution in [0.2, 0.25) is 0 Å². The zero-order chi connectivity index (χ0) is 17.3. The summed E-state index contributed by atoms with van der Waals surface area (Å²) in [6.45, 7) is 0. The highest BCUT2D eigenvalue weighted by Crippen LogP contribution is 2.34. The molecule has 0 radical (unpaired) electrons. The maximum atomic E-state index is 12.8. The van der Waals surface area contributed by atoms with E-state index in [0.29, 0.717) is 5.56 Å². The van der Waals surface area contributed by atoms with Crippen LogP contribution in [-0.2, 0) is 28.6 Å². The maximum absolute atomic E-state index is 12.8. The third-order valence-electron chi connectivity index (χ3n) is 3.80. The Balaban J connectivity index is 2.07. The van der Waals surface area contributed by atoms with Crippen molar-refractivity contribution in [2.24, 2.45) is 0 Å². The van der Waals surface area contributed by atoms with Crippen molar-refractivity contribution in [2.45, 2.75) is 5.92 Å². The summed E-state index contributed by atoms with van der Waals surface area (Å²) in [5.74, 6) is -3.10. The van der Waals surface area contributed by atoms with Gasteiger partial charge in [-0.1, -0.05) is 30.3 Å². The summed E-state index contributed by atoms with van der Waals surface area (Å²) in [6, 6.07) is 8.48. The predicted octanol–water partition coefficient (Wildman–Crippen LogP) is 1.79. The molecule has 1 aliphatic carbocycles. The number of methoxy groups -OCH3 is 2. The van der Waals surface area contributed by atoms with Crippen LogP contribution in [0, 0.1) is 0 Å². The Bertz CT molecular complexity index is 807. The molecule has 0 aromatic heterocycles. The average Bonchev–Trinajstić information content (AvgIpc) is 2.58. The molecular formula is C18H14O6. The van der Waals surface area contributed by atoms with Crippen LogP contribution in [-0.4, -0.2) is 31.8 Å². The molecular weight excluding hydrogens is 312 g/mol. The largest absolute Gasteiger partial charge is 0.468 e. The number of Topliss-reactive ketones (excluding diaryl/α,β-unsaturated/α-hetero) is 2. The van der Waals surface area contributed by atoms with E-state index in [0.717, 1.165) is 0 Å². The minimum atomic E-state index is -1.16. The molecule has 24 heavy (non-hydrogen) atoms. The molecule has 1 heterocycles. The SMILES string of the molecule is COC(OC)=C1C=CC2=C(C1=O)C(=O)C(c1ccccc1)C(=O)O2. The highest BCUT2D eigenvalue weighted by Gasteiger charge is 2.43. The van der Waals surface area contributed by atoms with Gasteiger partial charge >= 0.3 is 5.97 Å². The van der Waals surface area contributed by atoms with Crippen molar-refractivity contribution in [1.82, 2.24) is 0 Å². The summed E-state index contributed by atoms with van der Waals surface area (Å²) in [5.41, 5.74) is 0.398. The quantitative estimate of drug-likeness (QED) is 0.277. The number of carbonyl (C=O) groups excluding carboxylic acids is 3. The molecule has 1 atom stereocenters. The number of carbonyl (C=O) groups is 3. The van der Waals surface area contributed by atoms with E-state index in [1.54, 1.807) is 30.3 Å². The molecule has 122 valence electrons. The summed E-state index contributed by atoms with van der Waals surface area (Å²) in [5, 5.41) is 0. The zero-order valence-electron chi connectivity index (χ0n) is 13.1. The van der Waals surface area contributed by atoms with E-state index in [1.807, 2.05) is 0 Å². The zero-order valence-corrected chi connectivity index (χ0v) is 13.1. The number of hydrogen-bond acceptors (Lipinski definition) is 6. The van der Waals surface area contributed by atoms with Gasteiger partial charge in [0.2, 0.25) is 5.78 Å². The van der Waals surface area contributed by atoms with Crippen molar-refractivity contribution in [1.29, 1.82) is 0 Å². The van der Waals surface area contributed by atoms with Gasteiger partial charge in [-0.05, 0) is 17.7 Å². The molecule has 2 aliphatic rings. The van der Waals surface area contributed by atoms with Gasteiger partial charge in [0.25, 0.3) is 5.95 Å². The maximum Gasteiger partial charge on any atom is 0.326 e. The van der Waals surface area contributed by atoms with Crippen molar-refractivity contribution in [3.8, 4) is 0 Å². The first-order valence-corrected chi connectivity index (χ1v) is 7.18. The normalized spacial score (nSPS) is 19.8. The van der Waals surface area contributed by atoms with Gasteiger partial charge in [-0.15, -0.1) is 0 Å². The molecule has 0 N–H and O–H groups in total. The second-order valence-corrected chi connectivity index (χ2v) is 5.14. The third-order valence-corrected chi connectivity index (χ3v) is 3.80. The first-order chi connectivity index (χ1) is 11.6. The van der Waals surface area contributed by atoms with E-state index >= 15 is 0 Å². The average molecular weight is 326 g/mol. The highest BCUT2D eigenvalue weighted by molar-refractivity contribution is 6.33. The summed E-state index contributed by atoms with van der Waals surface area (Å²) < 4.78 is 15.2. The second-order valence-electron chi connectivity index (χ2n) is 5.14. The number of ketones is 2. The topological polar surface area (TPSA) is 78.9 Å². The summed E-state index contributed by atoms with van der Waals surface area (Å²) >= 11 is 0. The molecule has 6 nitrogen and oxygen atoms in total. The Morgan fingerprint density at radius 1 is 1.00 bits per heavy atom. The number of benzene rings is 1. The lowest BCUT2D eigenvalue weighted by Gasteiger charge is -2.25. The molecule has 1 aromatic carbocycles. The Labute approximate surface area is 138 Å². The molecule has 0 bridgehead atoms. The predicted molar refractivity (Wildman–Crippen MR) is 82.5 cm³/mol. The van der Waals surface area contributed by atoms with Gasteiger partial charge < -0.3 is 14.2 Å². The van der Waals surface area contributed by atoms with Crippen LogP contribution in [0.5, 0.6) is 0 Å². The molecule has 6 heteroatoms. The van der Waals surface area contributed by atoms with Gasteiger partial charge in [0.05, 0.1) is 14.2 Å². The van der Waals surface area contributed by atoms with E-state index in [1.165, 1.54) is 26.4 Å². The van der Waals surface area contributed by atoms with Gasteiger partial charge in [0, 0.05) is 0 Å². The van der Waals surface area contributed by atoms with E-state index < -0.39 is 23.5 Å². The minimum absolute atomic E-state index is 0.0104. The molecule has 1 unspecified atom stereocenters. The molecule has 0 fully saturated rings. The molecule has 0 amide bonds. The van der Waals surface area contributed by atoms with Crippen LogP contribution >= 0.6 is 0 Å². The van der Waals surface area contributed by atoms with E-state index in [9.17, 15) is 14.4 Å². The van der Waals surface area contributed by atoms with Gasteiger partial charge in [-0.3, -0.25) is 14.4 Å². The first-order valence-electron chi connectivity index (χ1n) is 7.18. The fourth-order valence-electron chi connectivity index (χ4n) is 2.70. The van der Waals surface area contributed by atoms with Crippen LogP contribution in [0.15, 0.2) is 65.3 Å². The number of rotatable bonds is 3. The van der Waals surface area contributed by atoms with Crippen LogP contribution in [0.1, 0.15) is 11.5 Å². The molecule has 0 saturated heterocycles. The highest BCUT2D eigenvalue weighted by atomic mass is 16.7. The molecule has 1 aliphatic heterocycles. The summed E-state index contributed by atoms with van der Waals surface area (Å²) in [6.07, 6.45) is 2.79. The standard InChI is InChI=1S/C18H14O6/c1-22-18(23-2)11-8-9-12-14(15(11)19)16(20)13(17(21)24-12)10-6-4-3-5-7-10/h3-9,13H,1-2H3. The van der Waals surface area contributed by atoms with Crippen LogP contribution in [0.25, 0.3) is 0 Å². The smallest absolute Gasteiger partial charge is 0.326 e. The molecule has 0 spiro atoms. The van der Waals surface area contributed by atoms with E-state index in [4.69, 9.17) is 14.2 Å². The first kappa shape index (κ1) is 15.7. The molecule has 0 saturated carbocycles.